The third-order valence-electron chi connectivity index (χ3n) is 2.85. The van der Waals surface area contributed by atoms with E-state index >= 15 is 0 Å². The fraction of sp³-hybridized carbons (Fsp3) is 0.0667. The van der Waals surface area contributed by atoms with Crippen molar-refractivity contribution in [1.29, 1.82) is 0 Å². The smallest absolute Gasteiger partial charge is 0.227 e. The number of rotatable bonds is 3. The molecule has 19 heavy (non-hydrogen) atoms. The molecule has 0 saturated carbocycles. The Balaban J connectivity index is 1.92. The first-order chi connectivity index (χ1) is 9.35. The lowest BCUT2D eigenvalue weighted by atomic mass is 10.2. The van der Waals surface area contributed by atoms with Crippen LogP contribution in [0.2, 0.25) is 0 Å². The SMILES string of the molecule is OCc1cccc(Nc2ncc3ccccc3n2)c1. The van der Waals surface area contributed by atoms with Crippen LogP contribution >= 0.6 is 0 Å². The van der Waals surface area contributed by atoms with E-state index in [1.807, 2.05) is 48.5 Å². The minimum atomic E-state index is 0.0219. The normalized spacial score (nSPS) is 10.6. The minimum absolute atomic E-state index is 0.0219. The summed E-state index contributed by atoms with van der Waals surface area (Å²) in [6.45, 7) is 0.0219. The van der Waals surface area contributed by atoms with Gasteiger partial charge in [-0.15, -0.1) is 0 Å². The summed E-state index contributed by atoms with van der Waals surface area (Å²) in [5, 5.41) is 13.3. The van der Waals surface area contributed by atoms with Gasteiger partial charge in [0.15, 0.2) is 0 Å². The maximum absolute atomic E-state index is 9.11. The highest BCUT2D eigenvalue weighted by molar-refractivity contribution is 5.78. The zero-order valence-corrected chi connectivity index (χ0v) is 10.2. The largest absolute Gasteiger partial charge is 0.392 e. The molecule has 3 aromatic rings. The summed E-state index contributed by atoms with van der Waals surface area (Å²) in [7, 11) is 0. The molecular formula is C15H13N3O. The van der Waals surface area contributed by atoms with E-state index in [1.54, 1.807) is 6.20 Å². The number of hydrogen-bond donors (Lipinski definition) is 2. The highest BCUT2D eigenvalue weighted by Crippen LogP contribution is 2.17. The molecule has 0 fully saturated rings. The lowest BCUT2D eigenvalue weighted by molar-refractivity contribution is 0.282. The van der Waals surface area contributed by atoms with E-state index in [2.05, 4.69) is 15.3 Å². The zero-order valence-electron chi connectivity index (χ0n) is 10.2. The molecule has 3 rings (SSSR count). The van der Waals surface area contributed by atoms with Crippen molar-refractivity contribution < 1.29 is 5.11 Å². The second-order valence-corrected chi connectivity index (χ2v) is 4.24. The molecule has 0 aliphatic heterocycles. The zero-order chi connectivity index (χ0) is 13.1. The number of aliphatic hydroxyl groups excluding tert-OH is 1. The second kappa shape index (κ2) is 5.04. The van der Waals surface area contributed by atoms with Crippen LogP contribution < -0.4 is 5.32 Å². The first-order valence-electron chi connectivity index (χ1n) is 6.04. The van der Waals surface area contributed by atoms with Crippen LogP contribution in [0.4, 0.5) is 11.6 Å². The van der Waals surface area contributed by atoms with Gasteiger partial charge < -0.3 is 10.4 Å². The molecular weight excluding hydrogens is 238 g/mol. The highest BCUT2D eigenvalue weighted by atomic mass is 16.3. The fourth-order valence-electron chi connectivity index (χ4n) is 1.91. The number of nitrogens with one attached hydrogen (secondary N) is 1. The number of aliphatic hydroxyl groups is 1. The molecule has 0 spiro atoms. The number of nitrogens with zero attached hydrogens (tertiary/aromatic N) is 2. The Morgan fingerprint density at radius 3 is 2.84 bits per heavy atom. The lowest BCUT2D eigenvalue weighted by Gasteiger charge is -2.06. The van der Waals surface area contributed by atoms with Crippen molar-refractivity contribution in [3.8, 4) is 0 Å². The van der Waals surface area contributed by atoms with Gasteiger partial charge in [-0.2, -0.15) is 0 Å². The molecule has 0 unspecified atom stereocenters. The Bertz CT molecular complexity index is 712. The minimum Gasteiger partial charge on any atom is -0.392 e. The third kappa shape index (κ3) is 2.53. The van der Waals surface area contributed by atoms with Gasteiger partial charge in [0.25, 0.3) is 0 Å². The number of anilines is 2. The van der Waals surface area contributed by atoms with Gasteiger partial charge in [-0.25, -0.2) is 9.97 Å². The van der Waals surface area contributed by atoms with Crippen molar-refractivity contribution in [2.45, 2.75) is 6.61 Å². The van der Waals surface area contributed by atoms with Gasteiger partial charge >= 0.3 is 0 Å². The molecule has 4 heteroatoms. The van der Waals surface area contributed by atoms with Crippen molar-refractivity contribution >= 4 is 22.5 Å². The Hall–Kier alpha value is -2.46. The van der Waals surface area contributed by atoms with Gasteiger partial charge in [0, 0.05) is 17.3 Å². The average molecular weight is 251 g/mol. The van der Waals surface area contributed by atoms with Crippen LogP contribution in [0.3, 0.4) is 0 Å². The summed E-state index contributed by atoms with van der Waals surface area (Å²) >= 11 is 0. The molecule has 0 saturated heterocycles. The number of para-hydroxylation sites is 1. The Morgan fingerprint density at radius 2 is 1.95 bits per heavy atom. The van der Waals surface area contributed by atoms with E-state index in [4.69, 9.17) is 5.11 Å². The quantitative estimate of drug-likeness (QED) is 0.751. The van der Waals surface area contributed by atoms with Crippen molar-refractivity contribution in [2.75, 3.05) is 5.32 Å². The van der Waals surface area contributed by atoms with E-state index in [-0.39, 0.29) is 6.61 Å². The molecule has 0 amide bonds. The lowest BCUT2D eigenvalue weighted by Crippen LogP contribution is -1.97. The molecule has 0 aliphatic carbocycles. The van der Waals surface area contributed by atoms with Crippen LogP contribution in [0.15, 0.2) is 54.7 Å². The number of hydrogen-bond acceptors (Lipinski definition) is 4. The van der Waals surface area contributed by atoms with Gasteiger partial charge in [-0.05, 0) is 23.8 Å². The first kappa shape index (κ1) is 11.6. The number of benzene rings is 2. The predicted molar refractivity (Wildman–Crippen MR) is 75.2 cm³/mol. The van der Waals surface area contributed by atoms with Crippen LogP contribution in [0.25, 0.3) is 10.9 Å². The number of fused-ring (bicyclic) bond motifs is 1. The molecule has 1 aromatic heterocycles. The molecule has 4 nitrogen and oxygen atoms in total. The topological polar surface area (TPSA) is 58.0 Å². The molecule has 2 aromatic carbocycles. The summed E-state index contributed by atoms with van der Waals surface area (Å²) in [4.78, 5) is 8.71. The molecule has 0 radical (unpaired) electrons. The van der Waals surface area contributed by atoms with Crippen LogP contribution in [0, 0.1) is 0 Å². The highest BCUT2D eigenvalue weighted by Gasteiger charge is 2.00. The Morgan fingerprint density at radius 1 is 1.05 bits per heavy atom. The summed E-state index contributed by atoms with van der Waals surface area (Å²) in [5.41, 5.74) is 2.62. The average Bonchev–Trinajstić information content (AvgIpc) is 2.47. The van der Waals surface area contributed by atoms with E-state index < -0.39 is 0 Å². The molecule has 0 aliphatic rings. The van der Waals surface area contributed by atoms with Gasteiger partial charge in [0.1, 0.15) is 0 Å². The van der Waals surface area contributed by atoms with Gasteiger partial charge in [-0.3, -0.25) is 0 Å². The van der Waals surface area contributed by atoms with E-state index in [0.717, 1.165) is 22.2 Å². The third-order valence-corrected chi connectivity index (χ3v) is 2.85. The van der Waals surface area contributed by atoms with Gasteiger partial charge in [0.05, 0.1) is 12.1 Å². The van der Waals surface area contributed by atoms with Crippen LogP contribution in [0.5, 0.6) is 0 Å². The molecule has 94 valence electrons. The Kier molecular flexibility index (Phi) is 3.08. The standard InChI is InChI=1S/C15H13N3O/c19-10-11-4-3-6-13(8-11)17-15-16-9-12-5-1-2-7-14(12)18-15/h1-9,19H,10H2,(H,16,17,18). The van der Waals surface area contributed by atoms with Crippen molar-refractivity contribution in [3.05, 3.63) is 60.3 Å². The van der Waals surface area contributed by atoms with Crippen LogP contribution in [0.1, 0.15) is 5.56 Å². The van der Waals surface area contributed by atoms with Gasteiger partial charge in [0.2, 0.25) is 5.95 Å². The van der Waals surface area contributed by atoms with Gasteiger partial charge in [-0.1, -0.05) is 30.3 Å². The molecule has 1 heterocycles. The maximum Gasteiger partial charge on any atom is 0.227 e. The second-order valence-electron chi connectivity index (χ2n) is 4.24. The maximum atomic E-state index is 9.11. The predicted octanol–water partition coefficient (Wildman–Crippen LogP) is 2.87. The summed E-state index contributed by atoms with van der Waals surface area (Å²) in [5.74, 6) is 0.550. The summed E-state index contributed by atoms with van der Waals surface area (Å²) in [6, 6.07) is 15.4. The first-order valence-corrected chi connectivity index (χ1v) is 6.04. The van der Waals surface area contributed by atoms with Crippen molar-refractivity contribution in [3.63, 3.8) is 0 Å². The number of aromatic nitrogens is 2. The van der Waals surface area contributed by atoms with Crippen LogP contribution in [-0.2, 0) is 6.61 Å². The van der Waals surface area contributed by atoms with Crippen LogP contribution in [-0.4, -0.2) is 15.1 Å². The summed E-state index contributed by atoms with van der Waals surface area (Å²) in [6.07, 6.45) is 1.79. The van der Waals surface area contributed by atoms with E-state index in [0.29, 0.717) is 5.95 Å². The van der Waals surface area contributed by atoms with E-state index in [1.165, 1.54) is 0 Å². The van der Waals surface area contributed by atoms with Crippen molar-refractivity contribution in [1.82, 2.24) is 9.97 Å². The molecule has 0 bridgehead atoms. The summed E-state index contributed by atoms with van der Waals surface area (Å²) < 4.78 is 0. The van der Waals surface area contributed by atoms with Crippen molar-refractivity contribution in [2.24, 2.45) is 0 Å². The fourth-order valence-corrected chi connectivity index (χ4v) is 1.91. The van der Waals surface area contributed by atoms with E-state index in [9.17, 15) is 0 Å². The molecule has 0 atom stereocenters. The monoisotopic (exact) mass is 251 g/mol. The molecule has 2 N–H and O–H groups in total. The Labute approximate surface area is 110 Å².